The summed E-state index contributed by atoms with van der Waals surface area (Å²) in [5.74, 6) is -0.553. The van der Waals surface area contributed by atoms with E-state index in [0.717, 1.165) is 18.2 Å². The minimum Gasteiger partial charge on any atom is -0.450 e. The van der Waals surface area contributed by atoms with Gasteiger partial charge < -0.3 is 10.5 Å². The monoisotopic (exact) mass is 296 g/mol. The molecule has 0 aromatic heterocycles. The lowest BCUT2D eigenvalue weighted by Gasteiger charge is -2.08. The average Bonchev–Trinajstić information content (AvgIpc) is 2.38. The average molecular weight is 297 g/mol. The second-order valence-electron chi connectivity index (χ2n) is 3.93. The lowest BCUT2D eigenvalue weighted by Crippen LogP contribution is -1.98. The third-order valence-corrected chi connectivity index (χ3v) is 2.94. The van der Waals surface area contributed by atoms with E-state index >= 15 is 0 Å². The van der Waals surface area contributed by atoms with Crippen molar-refractivity contribution in [1.82, 2.24) is 0 Å². The smallest absolute Gasteiger partial charge is 0.311 e. The number of nitro benzene ring substituents is 1. The van der Waals surface area contributed by atoms with Gasteiger partial charge in [-0.3, -0.25) is 10.1 Å². The van der Waals surface area contributed by atoms with Crippen LogP contribution in [0, 0.1) is 15.9 Å². The summed E-state index contributed by atoms with van der Waals surface area (Å²) in [6.45, 7) is 0.263. The molecular weight excluding hydrogens is 287 g/mol. The molecule has 0 aliphatic heterocycles. The molecule has 0 fully saturated rings. The quantitative estimate of drug-likeness (QED) is 0.690. The Hall–Kier alpha value is -2.18. The molecule has 104 valence electrons. The zero-order valence-electron chi connectivity index (χ0n) is 10.2. The number of benzene rings is 2. The first-order chi connectivity index (χ1) is 9.51. The molecule has 0 saturated carbocycles. The van der Waals surface area contributed by atoms with Crippen LogP contribution in [0.1, 0.15) is 5.56 Å². The van der Waals surface area contributed by atoms with E-state index in [1.807, 2.05) is 0 Å². The van der Waals surface area contributed by atoms with Crippen LogP contribution in [-0.2, 0) is 6.54 Å². The molecule has 7 heteroatoms. The van der Waals surface area contributed by atoms with E-state index in [0.29, 0.717) is 10.6 Å². The first-order valence-electron chi connectivity index (χ1n) is 5.61. The van der Waals surface area contributed by atoms with Crippen molar-refractivity contribution in [2.75, 3.05) is 0 Å². The summed E-state index contributed by atoms with van der Waals surface area (Å²) in [6, 6.07) is 7.66. The maximum Gasteiger partial charge on any atom is 0.311 e. The van der Waals surface area contributed by atoms with E-state index in [1.54, 1.807) is 12.1 Å². The van der Waals surface area contributed by atoms with E-state index in [2.05, 4.69) is 0 Å². The molecule has 0 unspecified atom stereocenters. The fourth-order valence-electron chi connectivity index (χ4n) is 1.60. The second kappa shape index (κ2) is 5.85. The largest absolute Gasteiger partial charge is 0.450 e. The molecule has 0 saturated heterocycles. The number of nitrogens with zero attached hydrogens (tertiary/aromatic N) is 1. The number of nitro groups is 1. The van der Waals surface area contributed by atoms with E-state index in [-0.39, 0.29) is 23.7 Å². The highest BCUT2D eigenvalue weighted by Gasteiger charge is 2.17. The van der Waals surface area contributed by atoms with Crippen LogP contribution in [0.4, 0.5) is 10.1 Å². The fraction of sp³-hybridized carbons (Fsp3) is 0.0769. The Morgan fingerprint density at radius 3 is 2.65 bits per heavy atom. The zero-order valence-corrected chi connectivity index (χ0v) is 10.9. The lowest BCUT2D eigenvalue weighted by atomic mass is 10.2. The highest BCUT2D eigenvalue weighted by molar-refractivity contribution is 6.31. The number of halogens is 2. The summed E-state index contributed by atoms with van der Waals surface area (Å²) in [5, 5.41) is 11.2. The van der Waals surface area contributed by atoms with Crippen molar-refractivity contribution in [3.05, 3.63) is 62.9 Å². The molecule has 0 bridgehead atoms. The number of nitrogens with two attached hydrogens (primary N) is 1. The maximum atomic E-state index is 13.2. The molecule has 2 aromatic rings. The van der Waals surface area contributed by atoms with Crippen molar-refractivity contribution in [2.45, 2.75) is 6.54 Å². The van der Waals surface area contributed by atoms with Crippen molar-refractivity contribution in [3.8, 4) is 11.5 Å². The van der Waals surface area contributed by atoms with Gasteiger partial charge in [-0.05, 0) is 23.8 Å². The van der Waals surface area contributed by atoms with Gasteiger partial charge in [-0.1, -0.05) is 17.7 Å². The van der Waals surface area contributed by atoms with Crippen LogP contribution in [-0.4, -0.2) is 4.92 Å². The molecule has 2 N–H and O–H groups in total. The minimum atomic E-state index is -0.648. The highest BCUT2D eigenvalue weighted by atomic mass is 35.5. The SMILES string of the molecule is NCc1ccc(Oc2cc(F)ccc2[N+](=O)[O-])cc1Cl. The first-order valence-corrected chi connectivity index (χ1v) is 5.99. The molecule has 0 amide bonds. The molecule has 0 radical (unpaired) electrons. The zero-order chi connectivity index (χ0) is 14.7. The van der Waals surface area contributed by atoms with Gasteiger partial charge in [-0.2, -0.15) is 0 Å². The van der Waals surface area contributed by atoms with E-state index in [9.17, 15) is 14.5 Å². The highest BCUT2D eigenvalue weighted by Crippen LogP contribution is 2.33. The molecule has 0 aliphatic carbocycles. The summed E-state index contributed by atoms with van der Waals surface area (Å²) in [5.41, 5.74) is 5.86. The summed E-state index contributed by atoms with van der Waals surface area (Å²) in [7, 11) is 0. The van der Waals surface area contributed by atoms with Crippen LogP contribution in [0.5, 0.6) is 11.5 Å². The molecule has 0 spiro atoms. The van der Waals surface area contributed by atoms with Gasteiger partial charge in [-0.15, -0.1) is 0 Å². The van der Waals surface area contributed by atoms with Crippen LogP contribution in [0.3, 0.4) is 0 Å². The molecule has 2 rings (SSSR count). The van der Waals surface area contributed by atoms with Gasteiger partial charge in [-0.25, -0.2) is 4.39 Å². The minimum absolute atomic E-state index is 0.188. The van der Waals surface area contributed by atoms with Crippen molar-refractivity contribution >= 4 is 17.3 Å². The van der Waals surface area contributed by atoms with Crippen LogP contribution < -0.4 is 10.5 Å². The number of ether oxygens (including phenoxy) is 1. The topological polar surface area (TPSA) is 78.4 Å². The van der Waals surface area contributed by atoms with Gasteiger partial charge >= 0.3 is 5.69 Å². The predicted molar refractivity (Wildman–Crippen MR) is 72.5 cm³/mol. The Morgan fingerprint density at radius 2 is 2.05 bits per heavy atom. The van der Waals surface area contributed by atoms with Crippen LogP contribution in [0.15, 0.2) is 36.4 Å². The Morgan fingerprint density at radius 1 is 1.30 bits per heavy atom. The molecule has 0 heterocycles. The molecule has 20 heavy (non-hydrogen) atoms. The Kier molecular flexibility index (Phi) is 4.16. The summed E-state index contributed by atoms with van der Waals surface area (Å²) in [6.07, 6.45) is 0. The van der Waals surface area contributed by atoms with Crippen LogP contribution in [0.25, 0.3) is 0 Å². The summed E-state index contributed by atoms with van der Waals surface area (Å²) in [4.78, 5) is 10.2. The van der Waals surface area contributed by atoms with Crippen LogP contribution >= 0.6 is 11.6 Å². The molecule has 5 nitrogen and oxygen atoms in total. The van der Waals surface area contributed by atoms with E-state index in [1.165, 1.54) is 6.07 Å². The Balaban J connectivity index is 2.36. The van der Waals surface area contributed by atoms with Crippen molar-refractivity contribution in [2.24, 2.45) is 5.73 Å². The molecule has 0 atom stereocenters. The van der Waals surface area contributed by atoms with Gasteiger partial charge in [0.15, 0.2) is 0 Å². The van der Waals surface area contributed by atoms with Crippen molar-refractivity contribution in [1.29, 1.82) is 0 Å². The molecular formula is C13H10ClFN2O3. The molecule has 2 aromatic carbocycles. The Labute approximate surface area is 118 Å². The van der Waals surface area contributed by atoms with Gasteiger partial charge in [0, 0.05) is 23.7 Å². The number of hydrogen-bond donors (Lipinski definition) is 1. The molecule has 0 aliphatic rings. The second-order valence-corrected chi connectivity index (χ2v) is 4.34. The Bertz CT molecular complexity index is 664. The van der Waals surface area contributed by atoms with Gasteiger partial charge in [0.05, 0.1) is 4.92 Å². The standard InChI is InChI=1S/C13H10ClFN2O3/c14-11-6-10(3-1-8(11)7-16)20-13-5-9(15)2-4-12(13)17(18)19/h1-6H,7,16H2. The van der Waals surface area contributed by atoms with Crippen LogP contribution in [0.2, 0.25) is 5.02 Å². The fourth-order valence-corrected chi connectivity index (χ4v) is 1.85. The normalized spacial score (nSPS) is 10.3. The summed E-state index contributed by atoms with van der Waals surface area (Å²) < 4.78 is 18.5. The first kappa shape index (κ1) is 14.2. The maximum absolute atomic E-state index is 13.2. The predicted octanol–water partition coefficient (Wildman–Crippen LogP) is 3.64. The number of hydrogen-bond acceptors (Lipinski definition) is 4. The van der Waals surface area contributed by atoms with E-state index < -0.39 is 10.7 Å². The number of rotatable bonds is 4. The van der Waals surface area contributed by atoms with Crippen molar-refractivity contribution in [3.63, 3.8) is 0 Å². The third kappa shape index (κ3) is 3.04. The lowest BCUT2D eigenvalue weighted by molar-refractivity contribution is -0.385. The third-order valence-electron chi connectivity index (χ3n) is 2.59. The van der Waals surface area contributed by atoms with Gasteiger partial charge in [0.2, 0.25) is 5.75 Å². The van der Waals surface area contributed by atoms with Gasteiger partial charge in [0.25, 0.3) is 0 Å². The van der Waals surface area contributed by atoms with Gasteiger partial charge in [0.1, 0.15) is 11.6 Å². The summed E-state index contributed by atoms with van der Waals surface area (Å²) >= 11 is 5.96. The van der Waals surface area contributed by atoms with E-state index in [4.69, 9.17) is 22.1 Å². The van der Waals surface area contributed by atoms with Crippen molar-refractivity contribution < 1.29 is 14.1 Å².